The van der Waals surface area contributed by atoms with E-state index in [1.807, 2.05) is 6.07 Å². The van der Waals surface area contributed by atoms with Crippen molar-refractivity contribution in [2.24, 2.45) is 5.41 Å². The Bertz CT molecular complexity index is 386. The van der Waals surface area contributed by atoms with Crippen LogP contribution in [0.3, 0.4) is 0 Å². The summed E-state index contributed by atoms with van der Waals surface area (Å²) in [5.41, 5.74) is 1.52. The van der Waals surface area contributed by atoms with E-state index in [1.165, 1.54) is 18.4 Å². The molecule has 1 aliphatic heterocycles. The SMILES string of the molecule is COc1ccccc1C1(C(C)(C)C)CCCN1. The van der Waals surface area contributed by atoms with Gasteiger partial charge in [-0.3, -0.25) is 0 Å². The molecule has 2 heteroatoms. The van der Waals surface area contributed by atoms with Crippen LogP contribution >= 0.6 is 0 Å². The molecule has 0 amide bonds. The topological polar surface area (TPSA) is 21.3 Å². The normalized spacial score (nSPS) is 24.9. The Balaban J connectivity index is 2.54. The fraction of sp³-hybridized carbons (Fsp3) is 0.600. The maximum Gasteiger partial charge on any atom is 0.123 e. The minimum Gasteiger partial charge on any atom is -0.496 e. The lowest BCUT2D eigenvalue weighted by molar-refractivity contribution is 0.156. The lowest BCUT2D eigenvalue weighted by Gasteiger charge is -2.43. The van der Waals surface area contributed by atoms with Gasteiger partial charge in [-0.05, 0) is 30.9 Å². The Morgan fingerprint density at radius 3 is 2.47 bits per heavy atom. The molecule has 0 aliphatic carbocycles. The molecule has 1 heterocycles. The summed E-state index contributed by atoms with van der Waals surface area (Å²) in [6.07, 6.45) is 2.41. The van der Waals surface area contributed by atoms with Gasteiger partial charge in [0.2, 0.25) is 0 Å². The Hall–Kier alpha value is -1.02. The van der Waals surface area contributed by atoms with E-state index in [0.717, 1.165) is 12.3 Å². The summed E-state index contributed by atoms with van der Waals surface area (Å²) >= 11 is 0. The van der Waals surface area contributed by atoms with Crippen molar-refractivity contribution in [2.45, 2.75) is 39.2 Å². The smallest absolute Gasteiger partial charge is 0.123 e. The van der Waals surface area contributed by atoms with E-state index in [9.17, 15) is 0 Å². The zero-order valence-corrected chi connectivity index (χ0v) is 11.3. The van der Waals surface area contributed by atoms with Gasteiger partial charge in [0.25, 0.3) is 0 Å². The average Bonchev–Trinajstić information content (AvgIpc) is 2.78. The number of para-hydroxylation sites is 1. The monoisotopic (exact) mass is 233 g/mol. The minimum absolute atomic E-state index is 0.0413. The van der Waals surface area contributed by atoms with Crippen molar-refractivity contribution in [3.05, 3.63) is 29.8 Å². The van der Waals surface area contributed by atoms with Gasteiger partial charge in [-0.25, -0.2) is 0 Å². The van der Waals surface area contributed by atoms with E-state index in [4.69, 9.17) is 4.74 Å². The second-order valence-corrected chi connectivity index (χ2v) is 5.89. The Labute approximate surface area is 104 Å². The Morgan fingerprint density at radius 1 is 1.24 bits per heavy atom. The fourth-order valence-electron chi connectivity index (χ4n) is 3.02. The standard InChI is InChI=1S/C15H23NO/c1-14(2,3)15(10-7-11-16-15)12-8-5-6-9-13(12)17-4/h5-6,8-9,16H,7,10-11H2,1-4H3. The molecule has 1 fully saturated rings. The molecule has 2 rings (SSSR count). The van der Waals surface area contributed by atoms with Crippen molar-refractivity contribution in [3.63, 3.8) is 0 Å². The van der Waals surface area contributed by atoms with Crippen LogP contribution in [0.1, 0.15) is 39.2 Å². The summed E-state index contributed by atoms with van der Waals surface area (Å²) in [6.45, 7) is 8.00. The molecule has 1 aromatic rings. The van der Waals surface area contributed by atoms with Crippen molar-refractivity contribution in [1.82, 2.24) is 5.32 Å². The molecular formula is C15H23NO. The molecule has 1 saturated heterocycles. The number of rotatable bonds is 2. The maximum absolute atomic E-state index is 5.54. The zero-order chi connectivity index (χ0) is 12.5. The second kappa shape index (κ2) is 4.34. The van der Waals surface area contributed by atoms with Gasteiger partial charge in [0.1, 0.15) is 5.75 Å². The fourth-order valence-corrected chi connectivity index (χ4v) is 3.02. The quantitative estimate of drug-likeness (QED) is 0.846. The van der Waals surface area contributed by atoms with Crippen LogP contribution in [0.5, 0.6) is 5.75 Å². The van der Waals surface area contributed by atoms with Gasteiger partial charge in [-0.1, -0.05) is 39.0 Å². The van der Waals surface area contributed by atoms with E-state index in [1.54, 1.807) is 7.11 Å². The molecule has 2 nitrogen and oxygen atoms in total. The van der Waals surface area contributed by atoms with E-state index in [-0.39, 0.29) is 11.0 Å². The first-order chi connectivity index (χ1) is 8.01. The lowest BCUT2D eigenvalue weighted by Crippen LogP contribution is -2.48. The number of ether oxygens (including phenoxy) is 1. The highest BCUT2D eigenvalue weighted by atomic mass is 16.5. The molecule has 0 radical (unpaired) electrons. The summed E-state index contributed by atoms with van der Waals surface area (Å²) in [4.78, 5) is 0. The predicted octanol–water partition coefficient (Wildman–Crippen LogP) is 3.32. The van der Waals surface area contributed by atoms with Crippen molar-refractivity contribution >= 4 is 0 Å². The number of benzene rings is 1. The first-order valence-corrected chi connectivity index (χ1v) is 6.40. The number of methoxy groups -OCH3 is 1. The molecular weight excluding hydrogens is 210 g/mol. The van der Waals surface area contributed by atoms with Crippen LogP contribution < -0.4 is 10.1 Å². The largest absolute Gasteiger partial charge is 0.496 e. The molecule has 0 aromatic heterocycles. The van der Waals surface area contributed by atoms with Crippen LogP contribution in [0, 0.1) is 5.41 Å². The van der Waals surface area contributed by atoms with E-state index in [0.29, 0.717) is 0 Å². The van der Waals surface area contributed by atoms with Gasteiger partial charge in [-0.2, -0.15) is 0 Å². The minimum atomic E-state index is 0.0413. The van der Waals surface area contributed by atoms with E-state index in [2.05, 4.69) is 44.3 Å². The van der Waals surface area contributed by atoms with Crippen LogP contribution in [-0.2, 0) is 5.54 Å². The molecule has 17 heavy (non-hydrogen) atoms. The van der Waals surface area contributed by atoms with Crippen LogP contribution in [0.2, 0.25) is 0 Å². The van der Waals surface area contributed by atoms with Gasteiger partial charge < -0.3 is 10.1 Å². The van der Waals surface area contributed by atoms with Crippen molar-refractivity contribution < 1.29 is 4.74 Å². The number of nitrogens with one attached hydrogen (secondary N) is 1. The summed E-state index contributed by atoms with van der Waals surface area (Å²) in [6, 6.07) is 8.39. The van der Waals surface area contributed by atoms with Crippen LogP contribution in [0.25, 0.3) is 0 Å². The second-order valence-electron chi connectivity index (χ2n) is 5.89. The van der Waals surface area contributed by atoms with Crippen LogP contribution in [0.4, 0.5) is 0 Å². The predicted molar refractivity (Wildman–Crippen MR) is 71.4 cm³/mol. The van der Waals surface area contributed by atoms with Gasteiger partial charge in [0.05, 0.1) is 12.6 Å². The third-order valence-corrected chi connectivity index (χ3v) is 4.00. The Kier molecular flexibility index (Phi) is 3.17. The molecule has 1 aliphatic rings. The zero-order valence-electron chi connectivity index (χ0n) is 11.3. The highest BCUT2D eigenvalue weighted by Crippen LogP contribution is 2.48. The molecule has 1 N–H and O–H groups in total. The summed E-state index contributed by atoms with van der Waals surface area (Å²) in [5.74, 6) is 0.997. The molecule has 94 valence electrons. The summed E-state index contributed by atoms with van der Waals surface area (Å²) in [5, 5.41) is 3.72. The summed E-state index contributed by atoms with van der Waals surface area (Å²) < 4.78 is 5.54. The van der Waals surface area contributed by atoms with Crippen LogP contribution in [0.15, 0.2) is 24.3 Å². The van der Waals surface area contributed by atoms with Crippen molar-refractivity contribution in [1.29, 1.82) is 0 Å². The number of hydrogen-bond acceptors (Lipinski definition) is 2. The van der Waals surface area contributed by atoms with Gasteiger partial charge >= 0.3 is 0 Å². The van der Waals surface area contributed by atoms with E-state index >= 15 is 0 Å². The molecule has 1 aromatic carbocycles. The highest BCUT2D eigenvalue weighted by molar-refractivity contribution is 5.41. The lowest BCUT2D eigenvalue weighted by atomic mass is 9.68. The maximum atomic E-state index is 5.54. The van der Waals surface area contributed by atoms with Gasteiger partial charge in [0, 0.05) is 5.56 Å². The van der Waals surface area contributed by atoms with E-state index < -0.39 is 0 Å². The first kappa shape index (κ1) is 12.4. The third-order valence-electron chi connectivity index (χ3n) is 4.00. The van der Waals surface area contributed by atoms with Gasteiger partial charge in [0.15, 0.2) is 0 Å². The molecule has 0 saturated carbocycles. The number of hydrogen-bond donors (Lipinski definition) is 1. The molecule has 0 spiro atoms. The molecule has 1 atom stereocenters. The highest BCUT2D eigenvalue weighted by Gasteiger charge is 2.46. The van der Waals surface area contributed by atoms with Gasteiger partial charge in [-0.15, -0.1) is 0 Å². The molecule has 0 bridgehead atoms. The summed E-state index contributed by atoms with van der Waals surface area (Å²) in [7, 11) is 1.75. The van der Waals surface area contributed by atoms with Crippen molar-refractivity contribution in [3.8, 4) is 5.75 Å². The molecule has 1 unspecified atom stereocenters. The van der Waals surface area contributed by atoms with Crippen LogP contribution in [-0.4, -0.2) is 13.7 Å². The average molecular weight is 233 g/mol. The first-order valence-electron chi connectivity index (χ1n) is 6.40. The third kappa shape index (κ3) is 1.95. The Morgan fingerprint density at radius 2 is 1.94 bits per heavy atom. The van der Waals surface area contributed by atoms with Crippen molar-refractivity contribution in [2.75, 3.05) is 13.7 Å².